The largest absolute Gasteiger partial charge is 0.492 e. The van der Waals surface area contributed by atoms with Gasteiger partial charge in [0.1, 0.15) is 12.4 Å². The molecule has 1 aromatic heterocycles. The van der Waals surface area contributed by atoms with E-state index in [1.807, 2.05) is 18.2 Å². The number of hydrogen-bond donors (Lipinski definition) is 2. The third-order valence-electron chi connectivity index (χ3n) is 5.10. The average Bonchev–Trinajstić information content (AvgIpc) is 3.32. The van der Waals surface area contributed by atoms with Gasteiger partial charge in [-0.15, -0.1) is 11.3 Å². The molecular formula is C23H34N4O2S. The Morgan fingerprint density at radius 2 is 2.03 bits per heavy atom. The van der Waals surface area contributed by atoms with Gasteiger partial charge in [0.15, 0.2) is 5.96 Å². The van der Waals surface area contributed by atoms with Crippen molar-refractivity contribution < 1.29 is 9.47 Å². The highest BCUT2D eigenvalue weighted by Gasteiger charge is 2.11. The summed E-state index contributed by atoms with van der Waals surface area (Å²) in [6.07, 6.45) is 0. The van der Waals surface area contributed by atoms with Crippen LogP contribution in [0.1, 0.15) is 30.2 Å². The molecule has 1 atom stereocenters. The average molecular weight is 431 g/mol. The zero-order valence-electron chi connectivity index (χ0n) is 18.1. The second kappa shape index (κ2) is 12.6. The first kappa shape index (κ1) is 22.6. The lowest BCUT2D eigenvalue weighted by atomic mass is 10.1. The second-order valence-electron chi connectivity index (χ2n) is 7.40. The molecule has 164 valence electrons. The van der Waals surface area contributed by atoms with Gasteiger partial charge in [-0.25, -0.2) is 4.99 Å². The van der Waals surface area contributed by atoms with Crippen LogP contribution in [0.4, 0.5) is 0 Å². The summed E-state index contributed by atoms with van der Waals surface area (Å²) >= 11 is 1.80. The topological polar surface area (TPSA) is 58.1 Å². The van der Waals surface area contributed by atoms with Gasteiger partial charge in [0.05, 0.1) is 19.8 Å². The lowest BCUT2D eigenvalue weighted by Gasteiger charge is -2.26. The highest BCUT2D eigenvalue weighted by molar-refractivity contribution is 7.10. The Hall–Kier alpha value is -2.09. The molecule has 1 aliphatic rings. The molecule has 0 saturated carbocycles. The van der Waals surface area contributed by atoms with E-state index in [-0.39, 0.29) is 0 Å². The number of ether oxygens (including phenoxy) is 2. The first-order chi connectivity index (χ1) is 14.8. The van der Waals surface area contributed by atoms with E-state index < -0.39 is 0 Å². The fourth-order valence-electron chi connectivity index (χ4n) is 3.31. The van der Waals surface area contributed by atoms with Crippen LogP contribution < -0.4 is 15.4 Å². The standard InChI is InChI=1S/C23H34N4O2S/c1-3-24-23(25-17-19(2)22-9-6-16-30-22)26-18-20-7-4-5-8-21(20)29-15-12-27-10-13-28-14-11-27/h4-9,16,19H,3,10-15,17-18H2,1-2H3,(H2,24,25,26). The molecule has 1 aliphatic heterocycles. The molecule has 0 bridgehead atoms. The molecule has 6 nitrogen and oxygen atoms in total. The van der Waals surface area contributed by atoms with Crippen LogP contribution in [0.15, 0.2) is 46.8 Å². The molecule has 2 N–H and O–H groups in total. The van der Waals surface area contributed by atoms with Crippen molar-refractivity contribution in [1.82, 2.24) is 15.5 Å². The van der Waals surface area contributed by atoms with Crippen LogP contribution in [0.25, 0.3) is 0 Å². The molecule has 3 rings (SSSR count). The Balaban J connectivity index is 1.52. The van der Waals surface area contributed by atoms with E-state index in [1.54, 1.807) is 11.3 Å². The van der Waals surface area contributed by atoms with Crippen LogP contribution in [-0.2, 0) is 11.3 Å². The Labute approximate surface area is 184 Å². The van der Waals surface area contributed by atoms with Crippen LogP contribution in [0.5, 0.6) is 5.75 Å². The highest BCUT2D eigenvalue weighted by Crippen LogP contribution is 2.20. The van der Waals surface area contributed by atoms with Gasteiger partial charge >= 0.3 is 0 Å². The molecule has 1 aromatic carbocycles. The summed E-state index contributed by atoms with van der Waals surface area (Å²) in [6, 6.07) is 12.5. The third kappa shape index (κ3) is 7.31. The number of nitrogens with one attached hydrogen (secondary N) is 2. The smallest absolute Gasteiger partial charge is 0.191 e. The van der Waals surface area contributed by atoms with Gasteiger partial charge in [0.2, 0.25) is 0 Å². The molecule has 30 heavy (non-hydrogen) atoms. The predicted octanol–water partition coefficient (Wildman–Crippen LogP) is 3.32. The van der Waals surface area contributed by atoms with Crippen molar-refractivity contribution in [2.45, 2.75) is 26.3 Å². The molecule has 0 radical (unpaired) electrons. The number of nitrogens with zero attached hydrogens (tertiary/aromatic N) is 2. The zero-order chi connectivity index (χ0) is 21.0. The minimum atomic E-state index is 0.449. The number of hydrogen-bond acceptors (Lipinski definition) is 5. The van der Waals surface area contributed by atoms with Gasteiger partial charge in [-0.1, -0.05) is 31.2 Å². The number of benzene rings is 1. The minimum Gasteiger partial charge on any atom is -0.492 e. The van der Waals surface area contributed by atoms with Gasteiger partial charge < -0.3 is 20.1 Å². The van der Waals surface area contributed by atoms with Crippen molar-refractivity contribution in [1.29, 1.82) is 0 Å². The SMILES string of the molecule is CCNC(=NCc1ccccc1OCCN1CCOCC1)NCC(C)c1cccs1. The summed E-state index contributed by atoms with van der Waals surface area (Å²) in [5.74, 6) is 2.20. The van der Waals surface area contributed by atoms with E-state index >= 15 is 0 Å². The number of morpholine rings is 1. The Bertz CT molecular complexity index is 760. The van der Waals surface area contributed by atoms with Crippen LogP contribution in [0, 0.1) is 0 Å². The molecule has 2 heterocycles. The maximum absolute atomic E-state index is 6.09. The van der Waals surface area contributed by atoms with Gasteiger partial charge in [-0.05, 0) is 24.4 Å². The Morgan fingerprint density at radius 3 is 2.80 bits per heavy atom. The molecule has 0 aliphatic carbocycles. The van der Waals surface area contributed by atoms with E-state index in [0.29, 0.717) is 19.1 Å². The molecule has 7 heteroatoms. The molecule has 1 saturated heterocycles. The van der Waals surface area contributed by atoms with Crippen molar-refractivity contribution in [2.24, 2.45) is 4.99 Å². The van der Waals surface area contributed by atoms with Crippen LogP contribution in [0.2, 0.25) is 0 Å². The van der Waals surface area contributed by atoms with E-state index in [2.05, 4.69) is 53.0 Å². The molecule has 0 amide bonds. The summed E-state index contributed by atoms with van der Waals surface area (Å²) in [5.41, 5.74) is 1.10. The van der Waals surface area contributed by atoms with Crippen molar-refractivity contribution in [2.75, 3.05) is 52.5 Å². The molecule has 1 unspecified atom stereocenters. The van der Waals surface area contributed by atoms with E-state index in [1.165, 1.54) is 4.88 Å². The lowest BCUT2D eigenvalue weighted by Crippen LogP contribution is -2.39. The van der Waals surface area contributed by atoms with Crippen molar-refractivity contribution >= 4 is 17.3 Å². The first-order valence-electron chi connectivity index (χ1n) is 10.8. The highest BCUT2D eigenvalue weighted by atomic mass is 32.1. The maximum atomic E-state index is 6.09. The Morgan fingerprint density at radius 1 is 1.20 bits per heavy atom. The van der Waals surface area contributed by atoms with Crippen molar-refractivity contribution in [3.63, 3.8) is 0 Å². The molecule has 2 aromatic rings. The lowest BCUT2D eigenvalue weighted by molar-refractivity contribution is 0.0322. The van der Waals surface area contributed by atoms with Gasteiger partial charge in [0, 0.05) is 49.1 Å². The number of para-hydroxylation sites is 1. The second-order valence-corrected chi connectivity index (χ2v) is 8.38. The van der Waals surface area contributed by atoms with Crippen LogP contribution >= 0.6 is 11.3 Å². The summed E-state index contributed by atoms with van der Waals surface area (Å²) in [6.45, 7) is 11.8. The normalized spacial score (nSPS) is 16.3. The third-order valence-corrected chi connectivity index (χ3v) is 6.20. The zero-order valence-corrected chi connectivity index (χ0v) is 18.9. The summed E-state index contributed by atoms with van der Waals surface area (Å²) < 4.78 is 11.5. The fraction of sp³-hybridized carbons (Fsp3) is 0.522. The van der Waals surface area contributed by atoms with Crippen LogP contribution in [-0.4, -0.2) is 63.4 Å². The summed E-state index contributed by atoms with van der Waals surface area (Å²) in [4.78, 5) is 8.55. The van der Waals surface area contributed by atoms with Gasteiger partial charge in [0.25, 0.3) is 0 Å². The maximum Gasteiger partial charge on any atom is 0.191 e. The van der Waals surface area contributed by atoms with E-state index in [4.69, 9.17) is 14.5 Å². The summed E-state index contributed by atoms with van der Waals surface area (Å²) in [7, 11) is 0. The molecule has 0 spiro atoms. The van der Waals surface area contributed by atoms with Gasteiger partial charge in [-0.2, -0.15) is 0 Å². The van der Waals surface area contributed by atoms with Crippen molar-refractivity contribution in [3.05, 3.63) is 52.2 Å². The molecule has 1 fully saturated rings. The number of guanidine groups is 1. The number of thiophene rings is 1. The summed E-state index contributed by atoms with van der Waals surface area (Å²) in [5, 5.41) is 8.94. The predicted molar refractivity (Wildman–Crippen MR) is 125 cm³/mol. The van der Waals surface area contributed by atoms with E-state index in [0.717, 1.165) is 63.2 Å². The quantitative estimate of drug-likeness (QED) is 0.447. The van der Waals surface area contributed by atoms with Crippen molar-refractivity contribution in [3.8, 4) is 5.75 Å². The van der Waals surface area contributed by atoms with Gasteiger partial charge in [-0.3, -0.25) is 4.90 Å². The Kier molecular flexibility index (Phi) is 9.47. The first-order valence-corrected chi connectivity index (χ1v) is 11.7. The minimum absolute atomic E-state index is 0.449. The number of rotatable bonds is 10. The number of aliphatic imine (C=N–C) groups is 1. The monoisotopic (exact) mass is 430 g/mol. The van der Waals surface area contributed by atoms with E-state index in [9.17, 15) is 0 Å². The fourth-order valence-corrected chi connectivity index (χ4v) is 4.10. The van der Waals surface area contributed by atoms with Crippen LogP contribution in [0.3, 0.4) is 0 Å². The molecular weight excluding hydrogens is 396 g/mol.